The second kappa shape index (κ2) is 11.4. The summed E-state index contributed by atoms with van der Waals surface area (Å²) in [6.45, 7) is 7.21. The van der Waals surface area contributed by atoms with Crippen LogP contribution < -0.4 is 0 Å². The van der Waals surface area contributed by atoms with Gasteiger partial charge in [0.25, 0.3) is 5.91 Å². The summed E-state index contributed by atoms with van der Waals surface area (Å²) >= 11 is 5.08. The maximum Gasteiger partial charge on any atom is 0.254 e. The second-order valence-corrected chi connectivity index (χ2v) is 9.88. The van der Waals surface area contributed by atoms with E-state index in [9.17, 15) is 9.59 Å². The number of hydrogen-bond acceptors (Lipinski definition) is 3. The summed E-state index contributed by atoms with van der Waals surface area (Å²) in [4.78, 5) is 31.5. The van der Waals surface area contributed by atoms with Crippen LogP contribution >= 0.6 is 27.3 Å². The van der Waals surface area contributed by atoms with Gasteiger partial charge in [-0.3, -0.25) is 9.59 Å². The van der Waals surface area contributed by atoms with E-state index in [0.29, 0.717) is 18.7 Å². The predicted molar refractivity (Wildman–Crippen MR) is 135 cm³/mol. The molecule has 0 aliphatic carbocycles. The van der Waals surface area contributed by atoms with Crippen molar-refractivity contribution in [2.75, 3.05) is 6.54 Å². The molecule has 4 nitrogen and oxygen atoms in total. The zero-order chi connectivity index (χ0) is 23.1. The van der Waals surface area contributed by atoms with E-state index in [0.717, 1.165) is 16.5 Å². The minimum absolute atomic E-state index is 0.0443. The first-order valence-corrected chi connectivity index (χ1v) is 12.5. The van der Waals surface area contributed by atoms with Gasteiger partial charge >= 0.3 is 0 Å². The summed E-state index contributed by atoms with van der Waals surface area (Å²) in [6, 6.07) is 19.3. The van der Waals surface area contributed by atoms with E-state index in [4.69, 9.17) is 0 Å². The van der Waals surface area contributed by atoms with E-state index < -0.39 is 0 Å². The quantitative estimate of drug-likeness (QED) is 0.338. The largest absolute Gasteiger partial charge is 0.332 e. The van der Waals surface area contributed by atoms with Gasteiger partial charge in [0.05, 0.1) is 6.54 Å². The summed E-state index contributed by atoms with van der Waals surface area (Å²) in [5.41, 5.74) is 2.85. The van der Waals surface area contributed by atoms with Crippen LogP contribution in [0.2, 0.25) is 0 Å². The Labute approximate surface area is 203 Å². The molecule has 0 aliphatic rings. The van der Waals surface area contributed by atoms with Crippen LogP contribution in [-0.4, -0.2) is 34.2 Å². The molecule has 2 amide bonds. The van der Waals surface area contributed by atoms with Crippen molar-refractivity contribution < 1.29 is 9.59 Å². The van der Waals surface area contributed by atoms with E-state index >= 15 is 0 Å². The van der Waals surface area contributed by atoms with Crippen LogP contribution in [0.1, 0.15) is 46.6 Å². The lowest BCUT2D eigenvalue weighted by Crippen LogP contribution is -2.46. The lowest BCUT2D eigenvalue weighted by atomic mass is 10.1. The SMILES string of the molecule is CCC(C)N(CC(=O)N(Cc1ccccc1)Cc1sccc1C)C(=O)c1ccc(Br)cc1. The lowest BCUT2D eigenvalue weighted by molar-refractivity contribution is -0.133. The molecule has 6 heteroatoms. The Bertz CT molecular complexity index is 1030. The zero-order valence-electron chi connectivity index (χ0n) is 18.8. The van der Waals surface area contributed by atoms with Crippen molar-refractivity contribution in [2.45, 2.75) is 46.3 Å². The Hall–Kier alpha value is -2.44. The summed E-state index contributed by atoms with van der Waals surface area (Å²) in [6.07, 6.45) is 0.776. The molecule has 0 bridgehead atoms. The second-order valence-electron chi connectivity index (χ2n) is 7.96. The van der Waals surface area contributed by atoms with Gasteiger partial charge in [0.15, 0.2) is 0 Å². The Morgan fingerprint density at radius 3 is 2.28 bits per heavy atom. The Morgan fingerprint density at radius 1 is 1.00 bits per heavy atom. The number of hydrogen-bond donors (Lipinski definition) is 0. The van der Waals surface area contributed by atoms with Gasteiger partial charge in [-0.05, 0) is 67.1 Å². The standard InChI is InChI=1S/C26H29BrN2O2S/c1-4-20(3)29(26(31)22-10-12-23(27)13-11-22)18-25(30)28(16-21-8-6-5-7-9-21)17-24-19(2)14-15-32-24/h5-15,20H,4,16-18H2,1-3H3. The monoisotopic (exact) mass is 512 g/mol. The summed E-state index contributed by atoms with van der Waals surface area (Å²) in [5.74, 6) is -0.167. The maximum absolute atomic E-state index is 13.5. The number of carbonyl (C=O) groups is 2. The molecule has 2 aromatic carbocycles. The van der Waals surface area contributed by atoms with Crippen molar-refractivity contribution in [1.82, 2.24) is 9.80 Å². The number of rotatable bonds is 9. The van der Waals surface area contributed by atoms with Crippen molar-refractivity contribution in [2.24, 2.45) is 0 Å². The Balaban J connectivity index is 1.84. The van der Waals surface area contributed by atoms with Crippen molar-refractivity contribution in [3.05, 3.63) is 92.1 Å². The third kappa shape index (κ3) is 6.30. The third-order valence-electron chi connectivity index (χ3n) is 5.65. The molecule has 1 aromatic heterocycles. The van der Waals surface area contributed by atoms with Gasteiger partial charge in [-0.25, -0.2) is 0 Å². The summed E-state index contributed by atoms with van der Waals surface area (Å²) in [7, 11) is 0. The first-order chi connectivity index (χ1) is 15.4. The smallest absolute Gasteiger partial charge is 0.254 e. The van der Waals surface area contributed by atoms with Crippen molar-refractivity contribution in [3.8, 4) is 0 Å². The molecule has 3 rings (SSSR count). The van der Waals surface area contributed by atoms with Crippen molar-refractivity contribution in [3.63, 3.8) is 0 Å². The van der Waals surface area contributed by atoms with Crippen LogP contribution in [0.4, 0.5) is 0 Å². The van der Waals surface area contributed by atoms with Gasteiger partial charge in [-0.15, -0.1) is 11.3 Å². The van der Waals surface area contributed by atoms with Crippen LogP contribution in [0.5, 0.6) is 0 Å². The predicted octanol–water partition coefficient (Wildman–Crippen LogP) is 6.29. The van der Waals surface area contributed by atoms with Gasteiger partial charge in [0.2, 0.25) is 5.91 Å². The molecule has 1 unspecified atom stereocenters. The van der Waals surface area contributed by atoms with Crippen molar-refractivity contribution >= 4 is 39.1 Å². The number of carbonyl (C=O) groups excluding carboxylic acids is 2. The topological polar surface area (TPSA) is 40.6 Å². The molecule has 32 heavy (non-hydrogen) atoms. The number of amides is 2. The van der Waals surface area contributed by atoms with Gasteiger partial charge in [-0.1, -0.05) is 53.2 Å². The molecule has 0 N–H and O–H groups in total. The maximum atomic E-state index is 13.5. The minimum atomic E-state index is -0.118. The highest BCUT2D eigenvalue weighted by Crippen LogP contribution is 2.21. The van der Waals surface area contributed by atoms with Crippen LogP contribution in [0.3, 0.4) is 0 Å². The van der Waals surface area contributed by atoms with E-state index in [1.54, 1.807) is 28.4 Å². The van der Waals surface area contributed by atoms with E-state index in [2.05, 4.69) is 34.3 Å². The zero-order valence-corrected chi connectivity index (χ0v) is 21.2. The van der Waals surface area contributed by atoms with Gasteiger partial charge in [-0.2, -0.15) is 0 Å². The first kappa shape index (κ1) is 24.2. The molecule has 0 aliphatic heterocycles. The molecular weight excluding hydrogens is 484 g/mol. The normalized spacial score (nSPS) is 11.8. The van der Waals surface area contributed by atoms with E-state index in [1.165, 1.54) is 10.4 Å². The molecule has 168 valence electrons. The molecule has 0 radical (unpaired) electrons. The van der Waals surface area contributed by atoms with Crippen LogP contribution in [0.15, 0.2) is 70.5 Å². The van der Waals surface area contributed by atoms with E-state index in [-0.39, 0.29) is 24.4 Å². The Morgan fingerprint density at radius 2 is 1.69 bits per heavy atom. The molecule has 0 spiro atoms. The molecular formula is C26H29BrN2O2S. The molecule has 0 saturated heterocycles. The number of aryl methyl sites for hydroxylation is 1. The van der Waals surface area contributed by atoms with Gasteiger partial charge in [0, 0.05) is 27.5 Å². The minimum Gasteiger partial charge on any atom is -0.332 e. The summed E-state index contributed by atoms with van der Waals surface area (Å²) < 4.78 is 0.917. The number of nitrogens with zero attached hydrogens (tertiary/aromatic N) is 2. The Kier molecular flexibility index (Phi) is 8.65. The van der Waals surface area contributed by atoms with Crippen LogP contribution in [0.25, 0.3) is 0 Å². The highest BCUT2D eigenvalue weighted by atomic mass is 79.9. The molecule has 0 fully saturated rings. The number of halogens is 1. The highest BCUT2D eigenvalue weighted by molar-refractivity contribution is 9.10. The van der Waals surface area contributed by atoms with Crippen molar-refractivity contribution in [1.29, 1.82) is 0 Å². The molecule has 1 heterocycles. The average Bonchev–Trinajstić information content (AvgIpc) is 3.21. The molecule has 0 saturated carbocycles. The highest BCUT2D eigenvalue weighted by Gasteiger charge is 2.26. The summed E-state index contributed by atoms with van der Waals surface area (Å²) in [5, 5.41) is 2.05. The average molecular weight is 514 g/mol. The number of benzene rings is 2. The fourth-order valence-corrected chi connectivity index (χ4v) is 4.61. The fraction of sp³-hybridized carbons (Fsp3) is 0.308. The fourth-order valence-electron chi connectivity index (χ4n) is 3.43. The molecule has 1 atom stereocenters. The van der Waals surface area contributed by atoms with Gasteiger partial charge < -0.3 is 9.80 Å². The van der Waals surface area contributed by atoms with E-state index in [1.807, 2.05) is 61.2 Å². The first-order valence-electron chi connectivity index (χ1n) is 10.8. The molecule has 3 aromatic rings. The lowest BCUT2D eigenvalue weighted by Gasteiger charge is -2.31. The third-order valence-corrected chi connectivity index (χ3v) is 7.19. The van der Waals surface area contributed by atoms with Crippen LogP contribution in [0, 0.1) is 6.92 Å². The number of thiophene rings is 1. The van der Waals surface area contributed by atoms with Gasteiger partial charge in [0.1, 0.15) is 6.54 Å². The van der Waals surface area contributed by atoms with Crippen LogP contribution in [-0.2, 0) is 17.9 Å².